The largest absolute Gasteiger partial charge is 0.422 e. The number of aldehydes is 1. The molecule has 0 unspecified atom stereocenters. The first kappa shape index (κ1) is 17.9. The third kappa shape index (κ3) is 4.00. The summed E-state index contributed by atoms with van der Waals surface area (Å²) in [6, 6.07) is 15.7. The van der Waals surface area contributed by atoms with Crippen LogP contribution in [0.5, 0.6) is 0 Å². The number of anilines is 1. The quantitative estimate of drug-likeness (QED) is 0.380. The summed E-state index contributed by atoms with van der Waals surface area (Å²) in [4.78, 5) is 23.2. The summed E-state index contributed by atoms with van der Waals surface area (Å²) in [6.07, 6.45) is 1.24. The van der Waals surface area contributed by atoms with E-state index in [1.165, 1.54) is 0 Å². The molecular formula is C21H21NO4. The standard InChI is InChI=1S/C21H21NO4/c1-2-22-20-17-9-8-15(12-19(17)26-21(24)18(20)13-23)10-11-25-14-16-6-4-3-5-7-16/h3-9,12-13,22H,2,10-11,14H2,1H3. The zero-order valence-electron chi connectivity index (χ0n) is 14.7. The van der Waals surface area contributed by atoms with Crippen LogP contribution in [-0.2, 0) is 17.8 Å². The van der Waals surface area contributed by atoms with E-state index in [9.17, 15) is 9.59 Å². The topological polar surface area (TPSA) is 68.5 Å². The van der Waals surface area contributed by atoms with Gasteiger partial charge in [0.15, 0.2) is 6.29 Å². The molecular weight excluding hydrogens is 330 g/mol. The smallest absolute Gasteiger partial charge is 0.349 e. The van der Waals surface area contributed by atoms with Gasteiger partial charge in [-0.05, 0) is 36.6 Å². The maximum Gasteiger partial charge on any atom is 0.349 e. The van der Waals surface area contributed by atoms with Gasteiger partial charge in [-0.3, -0.25) is 4.79 Å². The summed E-state index contributed by atoms with van der Waals surface area (Å²) in [7, 11) is 0. The molecule has 1 heterocycles. The van der Waals surface area contributed by atoms with Gasteiger partial charge in [-0.1, -0.05) is 36.4 Å². The molecule has 0 atom stereocenters. The lowest BCUT2D eigenvalue weighted by molar-refractivity contribution is 0.112. The molecule has 0 fully saturated rings. The van der Waals surface area contributed by atoms with E-state index in [1.807, 2.05) is 55.5 Å². The molecule has 0 radical (unpaired) electrons. The predicted octanol–water partition coefficient (Wildman–Crippen LogP) is 3.80. The lowest BCUT2D eigenvalue weighted by Gasteiger charge is -2.10. The molecule has 0 bridgehead atoms. The van der Waals surface area contributed by atoms with E-state index in [0.29, 0.717) is 43.7 Å². The van der Waals surface area contributed by atoms with E-state index in [-0.39, 0.29) is 5.56 Å². The number of carbonyl (C=O) groups excluding carboxylic acids is 1. The number of benzene rings is 2. The van der Waals surface area contributed by atoms with Gasteiger partial charge in [0.05, 0.1) is 18.9 Å². The van der Waals surface area contributed by atoms with E-state index in [4.69, 9.17) is 9.15 Å². The molecule has 5 heteroatoms. The second-order valence-corrected chi connectivity index (χ2v) is 5.95. The summed E-state index contributed by atoms with van der Waals surface area (Å²) >= 11 is 0. The Morgan fingerprint density at radius 3 is 2.65 bits per heavy atom. The molecule has 0 saturated heterocycles. The molecule has 1 aromatic heterocycles. The van der Waals surface area contributed by atoms with Crippen LogP contribution in [0.2, 0.25) is 0 Å². The maximum absolute atomic E-state index is 12.0. The van der Waals surface area contributed by atoms with Crippen LogP contribution >= 0.6 is 0 Å². The highest BCUT2D eigenvalue weighted by molar-refractivity contribution is 5.99. The zero-order valence-corrected chi connectivity index (χ0v) is 14.7. The van der Waals surface area contributed by atoms with E-state index < -0.39 is 5.63 Å². The van der Waals surface area contributed by atoms with Crippen molar-refractivity contribution < 1.29 is 13.9 Å². The number of rotatable bonds is 8. The molecule has 134 valence electrons. The molecule has 0 amide bonds. The number of fused-ring (bicyclic) bond motifs is 1. The van der Waals surface area contributed by atoms with Gasteiger partial charge in [-0.15, -0.1) is 0 Å². The molecule has 5 nitrogen and oxygen atoms in total. The van der Waals surface area contributed by atoms with E-state index >= 15 is 0 Å². The Bertz CT molecular complexity index is 947. The Labute approximate surface area is 151 Å². The van der Waals surface area contributed by atoms with Crippen molar-refractivity contribution in [3.8, 4) is 0 Å². The first-order chi connectivity index (χ1) is 12.7. The second-order valence-electron chi connectivity index (χ2n) is 5.95. The predicted molar refractivity (Wildman–Crippen MR) is 102 cm³/mol. The van der Waals surface area contributed by atoms with Gasteiger partial charge in [0.2, 0.25) is 0 Å². The third-order valence-electron chi connectivity index (χ3n) is 4.13. The molecule has 0 aliphatic heterocycles. The minimum Gasteiger partial charge on any atom is -0.422 e. The highest BCUT2D eigenvalue weighted by Crippen LogP contribution is 2.25. The molecule has 3 aromatic rings. The molecule has 0 saturated carbocycles. The van der Waals surface area contributed by atoms with Crippen molar-refractivity contribution in [2.24, 2.45) is 0 Å². The highest BCUT2D eigenvalue weighted by Gasteiger charge is 2.13. The Hall–Kier alpha value is -2.92. The molecule has 2 aromatic carbocycles. The normalized spacial score (nSPS) is 10.8. The number of nitrogens with one attached hydrogen (secondary N) is 1. The number of ether oxygens (including phenoxy) is 1. The fraction of sp³-hybridized carbons (Fsp3) is 0.238. The van der Waals surface area contributed by atoms with Crippen molar-refractivity contribution in [1.82, 2.24) is 0 Å². The molecule has 1 N–H and O–H groups in total. The minimum atomic E-state index is -0.624. The van der Waals surface area contributed by atoms with Crippen molar-refractivity contribution in [2.75, 3.05) is 18.5 Å². The Morgan fingerprint density at radius 2 is 1.92 bits per heavy atom. The molecule has 3 rings (SSSR count). The number of carbonyl (C=O) groups is 1. The second kappa shape index (κ2) is 8.45. The number of hydrogen-bond acceptors (Lipinski definition) is 5. The lowest BCUT2D eigenvalue weighted by Crippen LogP contribution is -2.12. The van der Waals surface area contributed by atoms with Gasteiger partial charge < -0.3 is 14.5 Å². The fourth-order valence-corrected chi connectivity index (χ4v) is 2.84. The summed E-state index contributed by atoms with van der Waals surface area (Å²) < 4.78 is 11.0. The van der Waals surface area contributed by atoms with Crippen molar-refractivity contribution in [3.63, 3.8) is 0 Å². The van der Waals surface area contributed by atoms with Gasteiger partial charge in [0, 0.05) is 11.9 Å². The van der Waals surface area contributed by atoms with E-state index in [0.717, 1.165) is 16.5 Å². The Balaban J connectivity index is 1.74. The van der Waals surface area contributed by atoms with Crippen molar-refractivity contribution in [2.45, 2.75) is 20.0 Å². The number of hydrogen-bond donors (Lipinski definition) is 1. The van der Waals surface area contributed by atoms with Crippen LogP contribution in [0.3, 0.4) is 0 Å². The van der Waals surface area contributed by atoms with Gasteiger partial charge in [0.25, 0.3) is 0 Å². The lowest BCUT2D eigenvalue weighted by atomic mass is 10.1. The molecule has 26 heavy (non-hydrogen) atoms. The Morgan fingerprint density at radius 1 is 1.12 bits per heavy atom. The third-order valence-corrected chi connectivity index (χ3v) is 4.13. The summed E-state index contributed by atoms with van der Waals surface area (Å²) in [5.41, 5.74) is 2.54. The van der Waals surface area contributed by atoms with Crippen LogP contribution in [0.1, 0.15) is 28.4 Å². The van der Waals surface area contributed by atoms with Crippen LogP contribution < -0.4 is 10.9 Å². The fourth-order valence-electron chi connectivity index (χ4n) is 2.84. The van der Waals surface area contributed by atoms with E-state index in [2.05, 4.69) is 5.32 Å². The molecule has 0 aliphatic carbocycles. The maximum atomic E-state index is 12.0. The SMILES string of the molecule is CCNc1c(C=O)c(=O)oc2cc(CCOCc3ccccc3)ccc12. The summed E-state index contributed by atoms with van der Waals surface area (Å²) in [5, 5.41) is 3.81. The molecule has 0 spiro atoms. The van der Waals surface area contributed by atoms with Crippen molar-refractivity contribution in [1.29, 1.82) is 0 Å². The first-order valence-corrected chi connectivity index (χ1v) is 8.63. The zero-order chi connectivity index (χ0) is 18.4. The van der Waals surface area contributed by atoms with Gasteiger partial charge >= 0.3 is 5.63 Å². The van der Waals surface area contributed by atoms with Crippen molar-refractivity contribution in [3.05, 3.63) is 75.6 Å². The Kier molecular flexibility index (Phi) is 5.81. The van der Waals surface area contributed by atoms with Crippen LogP contribution in [0.4, 0.5) is 5.69 Å². The summed E-state index contributed by atoms with van der Waals surface area (Å²) in [5.74, 6) is 0. The highest BCUT2D eigenvalue weighted by atomic mass is 16.5. The van der Waals surface area contributed by atoms with Gasteiger partial charge in [-0.2, -0.15) is 0 Å². The van der Waals surface area contributed by atoms with Crippen LogP contribution in [0.15, 0.2) is 57.7 Å². The average molecular weight is 351 g/mol. The van der Waals surface area contributed by atoms with Crippen LogP contribution in [-0.4, -0.2) is 19.4 Å². The first-order valence-electron chi connectivity index (χ1n) is 8.63. The minimum absolute atomic E-state index is 0.0262. The summed E-state index contributed by atoms with van der Waals surface area (Å²) in [6.45, 7) is 3.65. The van der Waals surface area contributed by atoms with Crippen LogP contribution in [0.25, 0.3) is 11.0 Å². The molecule has 0 aliphatic rings. The van der Waals surface area contributed by atoms with Crippen LogP contribution in [0, 0.1) is 0 Å². The van der Waals surface area contributed by atoms with E-state index in [1.54, 1.807) is 0 Å². The van der Waals surface area contributed by atoms with Gasteiger partial charge in [-0.25, -0.2) is 4.79 Å². The van der Waals surface area contributed by atoms with Crippen molar-refractivity contribution >= 4 is 22.9 Å². The monoisotopic (exact) mass is 351 g/mol. The average Bonchev–Trinajstić information content (AvgIpc) is 2.66. The van der Waals surface area contributed by atoms with Gasteiger partial charge in [0.1, 0.15) is 11.1 Å².